The van der Waals surface area contributed by atoms with Gasteiger partial charge in [-0.3, -0.25) is 14.2 Å². The summed E-state index contributed by atoms with van der Waals surface area (Å²) in [4.78, 5) is 37.8. The number of quaternary nitrogens is 1. The topological polar surface area (TPSA) is 111 Å². The Hall–Kier alpha value is -0.990. The Labute approximate surface area is 454 Å². The number of hydrogen-bond donors (Lipinski definition) is 0. The molecule has 0 aromatic heterocycles. The molecule has 0 N–H and O–H groups in total. The molecule has 0 aliphatic heterocycles. The number of phosphoric ester groups is 1. The Morgan fingerprint density at radius 1 is 0.370 bits per heavy atom. The molecule has 0 amide bonds. The molecule has 2 atom stereocenters. The second-order valence-corrected chi connectivity index (χ2v) is 24.9. The van der Waals surface area contributed by atoms with Crippen LogP contribution in [0.15, 0.2) is 0 Å². The van der Waals surface area contributed by atoms with Gasteiger partial charge in [-0.1, -0.05) is 316 Å². The Bertz CT molecular complexity index is 1200. The largest absolute Gasteiger partial charge is 0.756 e. The van der Waals surface area contributed by atoms with Crippen molar-refractivity contribution in [2.75, 3.05) is 47.5 Å². The number of unbranched alkanes of at least 4 members (excludes halogenated alkanes) is 47. The lowest BCUT2D eigenvalue weighted by Gasteiger charge is -2.28. The molecule has 10 heteroatoms. The number of carbonyl (C=O) groups excluding carboxylic acids is 2. The third kappa shape index (κ3) is 60.1. The van der Waals surface area contributed by atoms with E-state index in [1.165, 1.54) is 276 Å². The van der Waals surface area contributed by atoms with Crippen LogP contribution in [0.25, 0.3) is 0 Å². The summed E-state index contributed by atoms with van der Waals surface area (Å²) in [5, 5.41) is 0. The van der Waals surface area contributed by atoms with Crippen LogP contribution >= 0.6 is 7.82 Å². The van der Waals surface area contributed by atoms with Gasteiger partial charge in [-0.25, -0.2) is 0 Å². The summed E-state index contributed by atoms with van der Waals surface area (Å²) in [7, 11) is 1.19. The van der Waals surface area contributed by atoms with E-state index in [1.54, 1.807) is 0 Å². The third-order valence-corrected chi connectivity index (χ3v) is 15.8. The smallest absolute Gasteiger partial charge is 0.306 e. The number of carbonyl (C=O) groups is 2. The molecule has 0 aliphatic carbocycles. The molecule has 0 bridgehead atoms. The molecule has 0 aliphatic rings. The zero-order chi connectivity index (χ0) is 53.5. The fourth-order valence-corrected chi connectivity index (χ4v) is 10.6. The third-order valence-electron chi connectivity index (χ3n) is 14.9. The van der Waals surface area contributed by atoms with Gasteiger partial charge in [0.2, 0.25) is 0 Å². The van der Waals surface area contributed by atoms with Gasteiger partial charge in [-0.05, 0) is 12.8 Å². The summed E-state index contributed by atoms with van der Waals surface area (Å²) in [5.74, 6) is -0.810. The molecule has 73 heavy (non-hydrogen) atoms. The summed E-state index contributed by atoms with van der Waals surface area (Å²) < 4.78 is 34.2. The van der Waals surface area contributed by atoms with E-state index < -0.39 is 26.5 Å². The number of likely N-dealkylation sites (N-methyl/N-ethyl adjacent to an activating group) is 1. The summed E-state index contributed by atoms with van der Waals surface area (Å²) in [6, 6.07) is 0. The first-order valence-electron chi connectivity index (χ1n) is 32.2. The lowest BCUT2D eigenvalue weighted by molar-refractivity contribution is -0.870. The minimum atomic E-state index is -4.63. The summed E-state index contributed by atoms with van der Waals surface area (Å²) >= 11 is 0. The first kappa shape index (κ1) is 72.0. The van der Waals surface area contributed by atoms with E-state index >= 15 is 0 Å². The minimum absolute atomic E-state index is 0.0251. The number of nitrogens with zero attached hydrogens (tertiary/aromatic N) is 1. The van der Waals surface area contributed by atoms with Gasteiger partial charge in [-0.15, -0.1) is 0 Å². The second kappa shape index (κ2) is 55.8. The number of hydrogen-bond acceptors (Lipinski definition) is 8. The molecule has 0 aromatic rings. The average molecular weight is 1060 g/mol. The Kier molecular flexibility index (Phi) is 55.0. The average Bonchev–Trinajstić information content (AvgIpc) is 3.35. The fraction of sp³-hybridized carbons (Fsp3) is 0.968. The molecule has 0 rings (SSSR count). The van der Waals surface area contributed by atoms with Gasteiger partial charge < -0.3 is 27.9 Å². The highest BCUT2D eigenvalue weighted by molar-refractivity contribution is 7.45. The summed E-state index contributed by atoms with van der Waals surface area (Å²) in [6.07, 6.45) is 64.8. The quantitative estimate of drug-likeness (QED) is 0.0256. The Morgan fingerprint density at radius 2 is 0.616 bits per heavy atom. The second-order valence-electron chi connectivity index (χ2n) is 23.5. The van der Waals surface area contributed by atoms with Crippen LogP contribution in [-0.2, 0) is 32.7 Å². The maximum absolute atomic E-state index is 12.8. The Balaban J connectivity index is 3.89. The van der Waals surface area contributed by atoms with Gasteiger partial charge in [0, 0.05) is 12.8 Å². The minimum Gasteiger partial charge on any atom is -0.756 e. The van der Waals surface area contributed by atoms with E-state index in [0.717, 1.165) is 32.1 Å². The molecule has 436 valence electrons. The summed E-state index contributed by atoms with van der Waals surface area (Å²) in [6.45, 7) is 4.31. The van der Waals surface area contributed by atoms with Gasteiger partial charge in [0.15, 0.2) is 6.10 Å². The highest BCUT2D eigenvalue weighted by atomic mass is 31.2. The van der Waals surface area contributed by atoms with Gasteiger partial charge in [-0.2, -0.15) is 0 Å². The standard InChI is InChI=1S/C63H126NO8P/c1-6-8-10-12-14-16-18-20-22-23-24-25-26-27-28-29-30-31-32-33-34-35-36-37-38-39-40-41-42-44-46-48-50-52-54-56-63(66)72-61(60-71-73(67,68)70-58-57-64(3,4)5)59-69-62(65)55-53-51-49-47-45-43-21-19-17-15-13-11-9-7-2/h61H,6-60H2,1-5H3. The van der Waals surface area contributed by atoms with Gasteiger partial charge in [0.25, 0.3) is 7.82 Å². The van der Waals surface area contributed by atoms with Crippen LogP contribution in [-0.4, -0.2) is 70.0 Å². The van der Waals surface area contributed by atoms with Crippen molar-refractivity contribution in [3.8, 4) is 0 Å². The van der Waals surface area contributed by atoms with Crippen molar-refractivity contribution in [1.29, 1.82) is 0 Å². The Morgan fingerprint density at radius 3 is 0.877 bits per heavy atom. The van der Waals surface area contributed by atoms with Crippen molar-refractivity contribution >= 4 is 19.8 Å². The molecular formula is C63H126NO8P. The molecular weight excluding hydrogens is 930 g/mol. The number of phosphoric acid groups is 1. The van der Waals surface area contributed by atoms with Crippen LogP contribution in [0.4, 0.5) is 0 Å². The normalized spacial score (nSPS) is 13.1. The van der Waals surface area contributed by atoms with Crippen LogP contribution in [0.1, 0.15) is 341 Å². The highest BCUT2D eigenvalue weighted by Crippen LogP contribution is 2.38. The number of ether oxygens (including phenoxy) is 2. The maximum Gasteiger partial charge on any atom is 0.306 e. The predicted molar refractivity (Wildman–Crippen MR) is 310 cm³/mol. The van der Waals surface area contributed by atoms with Crippen molar-refractivity contribution in [1.82, 2.24) is 0 Å². The van der Waals surface area contributed by atoms with Crippen molar-refractivity contribution in [3.63, 3.8) is 0 Å². The monoisotopic (exact) mass is 1060 g/mol. The predicted octanol–water partition coefficient (Wildman–Crippen LogP) is 19.6. The van der Waals surface area contributed by atoms with Crippen LogP contribution in [0.5, 0.6) is 0 Å². The van der Waals surface area contributed by atoms with Crippen LogP contribution in [0.3, 0.4) is 0 Å². The molecule has 0 heterocycles. The molecule has 0 aromatic carbocycles. The van der Waals surface area contributed by atoms with E-state index in [0.29, 0.717) is 17.4 Å². The van der Waals surface area contributed by atoms with E-state index in [4.69, 9.17) is 18.5 Å². The first-order valence-corrected chi connectivity index (χ1v) is 33.7. The lowest BCUT2D eigenvalue weighted by atomic mass is 10.0. The highest BCUT2D eigenvalue weighted by Gasteiger charge is 2.22. The van der Waals surface area contributed by atoms with E-state index in [-0.39, 0.29) is 32.0 Å². The van der Waals surface area contributed by atoms with Crippen LogP contribution in [0, 0.1) is 0 Å². The zero-order valence-corrected chi connectivity index (χ0v) is 50.5. The van der Waals surface area contributed by atoms with Crippen LogP contribution < -0.4 is 4.89 Å². The molecule has 0 radical (unpaired) electrons. The lowest BCUT2D eigenvalue weighted by Crippen LogP contribution is -2.37. The maximum atomic E-state index is 12.8. The first-order chi connectivity index (χ1) is 35.5. The molecule has 0 saturated carbocycles. The van der Waals surface area contributed by atoms with Crippen molar-refractivity contribution in [2.45, 2.75) is 347 Å². The molecule has 0 saturated heterocycles. The number of esters is 2. The fourth-order valence-electron chi connectivity index (χ4n) is 9.90. The van der Waals surface area contributed by atoms with Gasteiger partial charge >= 0.3 is 11.9 Å². The molecule has 9 nitrogen and oxygen atoms in total. The molecule has 0 fully saturated rings. The summed E-state index contributed by atoms with van der Waals surface area (Å²) in [5.41, 5.74) is 0. The van der Waals surface area contributed by atoms with E-state index in [9.17, 15) is 19.0 Å². The van der Waals surface area contributed by atoms with Crippen molar-refractivity contribution in [3.05, 3.63) is 0 Å². The van der Waals surface area contributed by atoms with Gasteiger partial charge in [0.05, 0.1) is 27.7 Å². The van der Waals surface area contributed by atoms with Crippen molar-refractivity contribution in [2.24, 2.45) is 0 Å². The van der Waals surface area contributed by atoms with Gasteiger partial charge in [0.1, 0.15) is 19.8 Å². The van der Waals surface area contributed by atoms with E-state index in [1.807, 2.05) is 21.1 Å². The molecule has 2 unspecified atom stereocenters. The zero-order valence-electron chi connectivity index (χ0n) is 49.6. The van der Waals surface area contributed by atoms with Crippen LogP contribution in [0.2, 0.25) is 0 Å². The van der Waals surface area contributed by atoms with Crippen molar-refractivity contribution < 1.29 is 42.1 Å². The number of rotatable bonds is 61. The van der Waals surface area contributed by atoms with E-state index in [2.05, 4.69) is 13.8 Å². The SMILES string of the molecule is CCCCCCCCCCCCCCCCCCCCCCCCCCCCCCCCCCCCCC(=O)OC(COC(=O)CCCCCCCCCCCCCCCC)COP(=O)([O-])OCC[N+](C)(C)C. The molecule has 0 spiro atoms.